The van der Waals surface area contributed by atoms with Gasteiger partial charge in [0.2, 0.25) is 0 Å². The van der Waals surface area contributed by atoms with Crippen LogP contribution in [-0.4, -0.2) is 53.3 Å². The Kier molecular flexibility index (Phi) is 5.69. The minimum atomic E-state index is 0.0851. The van der Waals surface area contributed by atoms with Crippen LogP contribution in [0.1, 0.15) is 32.1 Å². The lowest BCUT2D eigenvalue weighted by molar-refractivity contribution is 0.186. The van der Waals surface area contributed by atoms with Crippen LogP contribution in [0.25, 0.3) is 22.0 Å². The van der Waals surface area contributed by atoms with Crippen LogP contribution in [0.4, 0.5) is 10.6 Å². The van der Waals surface area contributed by atoms with Crippen LogP contribution < -0.4 is 10.2 Å². The van der Waals surface area contributed by atoms with Crippen molar-refractivity contribution in [2.24, 2.45) is 0 Å². The van der Waals surface area contributed by atoms with Crippen molar-refractivity contribution in [3.8, 4) is 11.3 Å². The number of carbonyl (C=O) groups is 1. The van der Waals surface area contributed by atoms with Crippen molar-refractivity contribution in [1.29, 1.82) is 0 Å². The summed E-state index contributed by atoms with van der Waals surface area (Å²) in [5.74, 6) is 0.905. The molecule has 5 rings (SSSR count). The fourth-order valence-corrected chi connectivity index (χ4v) is 4.77. The lowest BCUT2D eigenvalue weighted by Crippen LogP contribution is -2.54. The summed E-state index contributed by atoms with van der Waals surface area (Å²) in [6.45, 7) is 2.94. The van der Waals surface area contributed by atoms with Gasteiger partial charge in [0.05, 0.1) is 0 Å². The van der Waals surface area contributed by atoms with Crippen molar-refractivity contribution in [2.45, 2.75) is 38.1 Å². The van der Waals surface area contributed by atoms with Crippen molar-refractivity contribution in [2.75, 3.05) is 31.1 Å². The van der Waals surface area contributed by atoms with E-state index >= 15 is 0 Å². The lowest BCUT2D eigenvalue weighted by atomic mass is 9.96. The molecule has 0 atom stereocenters. The topological polar surface area (TPSA) is 61.4 Å². The molecule has 2 amide bonds. The molecule has 31 heavy (non-hydrogen) atoms. The van der Waals surface area contributed by atoms with Crippen LogP contribution >= 0.6 is 0 Å². The zero-order valence-electron chi connectivity index (χ0n) is 17.8. The summed E-state index contributed by atoms with van der Waals surface area (Å²) in [4.78, 5) is 16.9. The third kappa shape index (κ3) is 4.20. The number of urea groups is 1. The zero-order chi connectivity index (χ0) is 21.0. The third-order valence-corrected chi connectivity index (χ3v) is 6.51. The van der Waals surface area contributed by atoms with Gasteiger partial charge in [-0.15, -0.1) is 10.2 Å². The maximum atomic E-state index is 12.7. The average Bonchev–Trinajstić information content (AvgIpc) is 2.85. The lowest BCUT2D eigenvalue weighted by Gasteiger charge is -2.36. The van der Waals surface area contributed by atoms with E-state index < -0.39 is 0 Å². The molecular formula is C25H29N5O. The number of rotatable bonds is 3. The Labute approximate surface area is 183 Å². The van der Waals surface area contributed by atoms with Crippen LogP contribution in [0, 0.1) is 0 Å². The molecule has 6 nitrogen and oxygen atoms in total. The highest BCUT2D eigenvalue weighted by Crippen LogP contribution is 2.31. The highest BCUT2D eigenvalue weighted by Gasteiger charge is 2.25. The van der Waals surface area contributed by atoms with E-state index in [0.29, 0.717) is 19.1 Å². The predicted molar refractivity (Wildman–Crippen MR) is 124 cm³/mol. The molecule has 0 bridgehead atoms. The van der Waals surface area contributed by atoms with Gasteiger partial charge in [0, 0.05) is 48.6 Å². The van der Waals surface area contributed by atoms with E-state index in [1.54, 1.807) is 0 Å². The number of fused-ring (bicyclic) bond motifs is 1. The summed E-state index contributed by atoms with van der Waals surface area (Å²) < 4.78 is 0. The number of hydrogen-bond donors (Lipinski definition) is 1. The van der Waals surface area contributed by atoms with Gasteiger partial charge < -0.3 is 15.1 Å². The van der Waals surface area contributed by atoms with Crippen molar-refractivity contribution < 1.29 is 4.79 Å². The van der Waals surface area contributed by atoms with Crippen molar-refractivity contribution in [3.05, 3.63) is 54.6 Å². The molecule has 2 heterocycles. The second-order valence-corrected chi connectivity index (χ2v) is 8.54. The van der Waals surface area contributed by atoms with Crippen LogP contribution in [0.15, 0.2) is 54.6 Å². The summed E-state index contributed by atoms with van der Waals surface area (Å²) >= 11 is 0. The van der Waals surface area contributed by atoms with Gasteiger partial charge in [0.25, 0.3) is 0 Å². The van der Waals surface area contributed by atoms with Gasteiger partial charge in [-0.2, -0.15) is 0 Å². The average molecular weight is 416 g/mol. The Hall–Kier alpha value is -3.15. The normalized spacial score (nSPS) is 17.7. The van der Waals surface area contributed by atoms with Gasteiger partial charge in [0.1, 0.15) is 5.69 Å². The largest absolute Gasteiger partial charge is 0.351 e. The number of hydrogen-bond acceptors (Lipinski definition) is 4. The van der Waals surface area contributed by atoms with E-state index in [1.165, 1.54) is 19.3 Å². The number of nitrogens with one attached hydrogen (secondary N) is 1. The number of carbonyl (C=O) groups excluding carboxylic acids is 1. The second-order valence-electron chi connectivity index (χ2n) is 8.54. The highest BCUT2D eigenvalue weighted by atomic mass is 16.2. The van der Waals surface area contributed by atoms with E-state index in [9.17, 15) is 4.79 Å². The van der Waals surface area contributed by atoms with Crippen molar-refractivity contribution >= 4 is 22.6 Å². The number of piperazine rings is 1. The van der Waals surface area contributed by atoms with Crippen molar-refractivity contribution in [1.82, 2.24) is 20.4 Å². The van der Waals surface area contributed by atoms with Crippen LogP contribution in [-0.2, 0) is 0 Å². The molecule has 160 valence electrons. The number of amides is 2. The van der Waals surface area contributed by atoms with Gasteiger partial charge in [-0.05, 0) is 12.8 Å². The molecule has 1 saturated heterocycles. The molecule has 0 radical (unpaired) electrons. The molecule has 2 fully saturated rings. The van der Waals surface area contributed by atoms with Crippen LogP contribution in [0.3, 0.4) is 0 Å². The second kappa shape index (κ2) is 8.92. The molecule has 2 aromatic carbocycles. The summed E-state index contributed by atoms with van der Waals surface area (Å²) in [5.41, 5.74) is 1.98. The molecule has 0 unspecified atom stereocenters. The Bertz CT molecular complexity index is 1040. The van der Waals surface area contributed by atoms with Crippen LogP contribution in [0.2, 0.25) is 0 Å². The Morgan fingerprint density at radius 1 is 0.806 bits per heavy atom. The van der Waals surface area contributed by atoms with Gasteiger partial charge in [-0.25, -0.2) is 4.79 Å². The van der Waals surface area contributed by atoms with E-state index in [-0.39, 0.29) is 6.03 Å². The Morgan fingerprint density at radius 2 is 1.48 bits per heavy atom. The molecule has 6 heteroatoms. The molecular weight excluding hydrogens is 386 g/mol. The molecule has 3 aromatic rings. The maximum Gasteiger partial charge on any atom is 0.317 e. The van der Waals surface area contributed by atoms with E-state index in [4.69, 9.17) is 0 Å². The Balaban J connectivity index is 1.31. The van der Waals surface area contributed by atoms with Gasteiger partial charge >= 0.3 is 6.03 Å². The minimum absolute atomic E-state index is 0.0851. The fraction of sp³-hybridized carbons (Fsp3) is 0.400. The van der Waals surface area contributed by atoms with E-state index in [1.807, 2.05) is 29.2 Å². The molecule has 1 aliphatic carbocycles. The molecule has 1 saturated carbocycles. The summed E-state index contributed by atoms with van der Waals surface area (Å²) in [5, 5.41) is 14.7. The number of anilines is 1. The Morgan fingerprint density at radius 3 is 2.23 bits per heavy atom. The molecule has 2 aliphatic rings. The number of nitrogens with zero attached hydrogens (tertiary/aromatic N) is 4. The van der Waals surface area contributed by atoms with E-state index in [2.05, 4.69) is 50.7 Å². The molecule has 1 N–H and O–H groups in total. The first-order valence-corrected chi connectivity index (χ1v) is 11.4. The van der Waals surface area contributed by atoms with Gasteiger partial charge in [0.15, 0.2) is 5.82 Å². The first-order chi connectivity index (χ1) is 15.3. The fourth-order valence-electron chi connectivity index (χ4n) is 4.77. The maximum absolute atomic E-state index is 12.7. The summed E-state index contributed by atoms with van der Waals surface area (Å²) in [7, 11) is 0. The summed E-state index contributed by atoms with van der Waals surface area (Å²) in [6.07, 6.45) is 5.97. The summed E-state index contributed by atoms with van der Waals surface area (Å²) in [6, 6.07) is 19.0. The van der Waals surface area contributed by atoms with Gasteiger partial charge in [-0.1, -0.05) is 73.9 Å². The van der Waals surface area contributed by atoms with Crippen LogP contribution in [0.5, 0.6) is 0 Å². The standard InChI is InChI=1S/C25H29N5O/c31-25(26-20-11-5-2-6-12-20)30-17-15-29(16-18-30)24-22-14-8-7-13-21(22)23(27-28-24)19-9-3-1-4-10-19/h1,3-4,7-10,13-14,20H,2,5-6,11-12,15-18H2,(H,26,31). The number of aromatic nitrogens is 2. The quantitative estimate of drug-likeness (QED) is 0.686. The molecule has 0 spiro atoms. The number of benzene rings is 2. The van der Waals surface area contributed by atoms with Crippen molar-refractivity contribution in [3.63, 3.8) is 0 Å². The zero-order valence-corrected chi connectivity index (χ0v) is 17.8. The predicted octanol–water partition coefficient (Wildman–Crippen LogP) is 4.46. The highest BCUT2D eigenvalue weighted by molar-refractivity contribution is 6.00. The minimum Gasteiger partial charge on any atom is -0.351 e. The third-order valence-electron chi connectivity index (χ3n) is 6.51. The first-order valence-electron chi connectivity index (χ1n) is 11.4. The smallest absolute Gasteiger partial charge is 0.317 e. The SMILES string of the molecule is O=C(NC1CCCCC1)N1CCN(c2nnc(-c3ccccc3)c3ccccc23)CC1. The molecule has 1 aliphatic heterocycles. The monoisotopic (exact) mass is 415 g/mol. The van der Waals surface area contributed by atoms with E-state index in [0.717, 1.165) is 53.8 Å². The first kappa shape index (κ1) is 19.8. The molecule has 1 aromatic heterocycles. The van der Waals surface area contributed by atoms with Gasteiger partial charge in [-0.3, -0.25) is 0 Å².